The third-order valence-corrected chi connectivity index (χ3v) is 4.05. The van der Waals surface area contributed by atoms with Crippen LogP contribution in [0.4, 0.5) is 10.1 Å². The normalized spacial score (nSPS) is 10.3. The van der Waals surface area contributed by atoms with Crippen LogP contribution >= 0.6 is 0 Å². The van der Waals surface area contributed by atoms with Crippen LogP contribution in [-0.4, -0.2) is 9.91 Å². The molecule has 28 heavy (non-hydrogen) atoms. The average molecular weight is 379 g/mol. The molecular weight excluding hydrogens is 365 g/mol. The van der Waals surface area contributed by atoms with Gasteiger partial charge in [-0.1, -0.05) is 12.1 Å². The zero-order chi connectivity index (χ0) is 20.3. The van der Waals surface area contributed by atoms with Crippen molar-refractivity contribution in [2.24, 2.45) is 0 Å². The van der Waals surface area contributed by atoms with E-state index in [1.165, 1.54) is 42.5 Å². The number of H-pyrrole nitrogens is 1. The van der Waals surface area contributed by atoms with E-state index in [1.807, 2.05) is 6.07 Å². The Morgan fingerprint density at radius 1 is 1.21 bits per heavy atom. The fourth-order valence-electron chi connectivity index (χ4n) is 2.72. The molecular formula is C20H14FN3O4. The highest BCUT2D eigenvalue weighted by atomic mass is 19.1. The van der Waals surface area contributed by atoms with Gasteiger partial charge in [-0.25, -0.2) is 4.39 Å². The first-order valence-electron chi connectivity index (χ1n) is 8.19. The van der Waals surface area contributed by atoms with Crippen molar-refractivity contribution in [3.8, 4) is 22.9 Å². The number of rotatable bonds is 5. The van der Waals surface area contributed by atoms with Crippen molar-refractivity contribution in [1.29, 1.82) is 5.26 Å². The molecule has 8 heteroatoms. The van der Waals surface area contributed by atoms with Crippen molar-refractivity contribution in [2.45, 2.75) is 13.5 Å². The quantitative estimate of drug-likeness (QED) is 0.535. The van der Waals surface area contributed by atoms with Gasteiger partial charge in [0, 0.05) is 17.3 Å². The van der Waals surface area contributed by atoms with E-state index in [0.717, 1.165) is 0 Å². The van der Waals surface area contributed by atoms with E-state index in [2.05, 4.69) is 4.98 Å². The van der Waals surface area contributed by atoms with Gasteiger partial charge in [0.15, 0.2) is 5.75 Å². The van der Waals surface area contributed by atoms with Crippen molar-refractivity contribution in [2.75, 3.05) is 0 Å². The molecule has 0 fully saturated rings. The number of pyridine rings is 1. The van der Waals surface area contributed by atoms with Gasteiger partial charge in [-0.3, -0.25) is 14.9 Å². The molecule has 0 aliphatic rings. The van der Waals surface area contributed by atoms with Gasteiger partial charge in [0.05, 0.1) is 4.92 Å². The van der Waals surface area contributed by atoms with E-state index in [1.54, 1.807) is 13.0 Å². The predicted molar refractivity (Wildman–Crippen MR) is 99.3 cm³/mol. The van der Waals surface area contributed by atoms with Gasteiger partial charge in [-0.15, -0.1) is 0 Å². The second-order valence-corrected chi connectivity index (χ2v) is 6.04. The SMILES string of the molecule is Cc1cc(-c2ccc([N+](=O)[O-])c(OCc3ccc(F)cc3)c2)c(C#N)c(=O)[nH]1. The lowest BCUT2D eigenvalue weighted by Crippen LogP contribution is -2.12. The summed E-state index contributed by atoms with van der Waals surface area (Å²) in [6.45, 7) is 1.66. The third-order valence-electron chi connectivity index (χ3n) is 4.05. The molecule has 0 aliphatic heterocycles. The van der Waals surface area contributed by atoms with Crippen molar-refractivity contribution in [3.05, 3.63) is 91.6 Å². The lowest BCUT2D eigenvalue weighted by atomic mass is 10.0. The van der Waals surface area contributed by atoms with E-state index < -0.39 is 16.3 Å². The second kappa shape index (κ2) is 7.72. The number of benzene rings is 2. The zero-order valence-electron chi connectivity index (χ0n) is 14.7. The number of aromatic amines is 1. The molecule has 2 aromatic carbocycles. The fourth-order valence-corrected chi connectivity index (χ4v) is 2.72. The van der Waals surface area contributed by atoms with Crippen molar-refractivity contribution >= 4 is 5.69 Å². The first-order chi connectivity index (χ1) is 13.4. The minimum absolute atomic E-state index is 0.00984. The van der Waals surface area contributed by atoms with Crippen LogP contribution < -0.4 is 10.3 Å². The standard InChI is InChI=1S/C20H14FN3O4/c1-12-8-16(17(10-22)20(25)23-12)14-4-7-18(24(26)27)19(9-14)28-11-13-2-5-15(21)6-3-13/h2-9H,11H2,1H3,(H,23,25). The van der Waals surface area contributed by atoms with Crippen molar-refractivity contribution in [3.63, 3.8) is 0 Å². The number of nitro groups is 1. The Kier molecular flexibility index (Phi) is 5.18. The highest BCUT2D eigenvalue weighted by Crippen LogP contribution is 2.33. The molecule has 0 amide bonds. The molecule has 0 atom stereocenters. The summed E-state index contributed by atoms with van der Waals surface area (Å²) in [4.78, 5) is 25.3. The van der Waals surface area contributed by atoms with E-state index in [9.17, 15) is 24.6 Å². The average Bonchev–Trinajstić information content (AvgIpc) is 2.66. The number of aromatic nitrogens is 1. The molecule has 0 saturated carbocycles. The number of ether oxygens (including phenoxy) is 1. The Morgan fingerprint density at radius 3 is 2.57 bits per heavy atom. The maximum atomic E-state index is 13.0. The Morgan fingerprint density at radius 2 is 1.93 bits per heavy atom. The number of nitrogens with one attached hydrogen (secondary N) is 1. The maximum Gasteiger partial charge on any atom is 0.310 e. The highest BCUT2D eigenvalue weighted by Gasteiger charge is 2.19. The summed E-state index contributed by atoms with van der Waals surface area (Å²) < 4.78 is 18.6. The molecule has 0 saturated heterocycles. The predicted octanol–water partition coefficient (Wildman–Crippen LogP) is 3.85. The number of nitriles is 1. The Bertz CT molecular complexity index is 1150. The molecule has 0 aliphatic carbocycles. The van der Waals surface area contributed by atoms with Crippen LogP contribution in [0.15, 0.2) is 53.3 Å². The Hall–Kier alpha value is -3.99. The number of nitrogens with zero attached hydrogens (tertiary/aromatic N) is 2. The van der Waals surface area contributed by atoms with Crippen LogP contribution in [-0.2, 0) is 6.61 Å². The number of nitro benzene ring substituents is 1. The second-order valence-electron chi connectivity index (χ2n) is 6.04. The first kappa shape index (κ1) is 18.8. The molecule has 7 nitrogen and oxygen atoms in total. The topological polar surface area (TPSA) is 109 Å². The summed E-state index contributed by atoms with van der Waals surface area (Å²) in [6.07, 6.45) is 0. The van der Waals surface area contributed by atoms with Crippen LogP contribution in [0.5, 0.6) is 5.75 Å². The molecule has 1 N–H and O–H groups in total. The van der Waals surface area contributed by atoms with Crippen LogP contribution in [0.1, 0.15) is 16.8 Å². The van der Waals surface area contributed by atoms with Crippen LogP contribution in [0.3, 0.4) is 0 Å². The summed E-state index contributed by atoms with van der Waals surface area (Å²) in [5.74, 6) is -0.418. The van der Waals surface area contributed by atoms with Gasteiger partial charge in [-0.05, 0) is 48.4 Å². The molecule has 0 spiro atoms. The third kappa shape index (κ3) is 3.88. The number of aryl methyl sites for hydroxylation is 1. The van der Waals surface area contributed by atoms with Crippen LogP contribution in [0.2, 0.25) is 0 Å². The maximum absolute atomic E-state index is 13.0. The Balaban J connectivity index is 2.03. The van der Waals surface area contributed by atoms with E-state index in [0.29, 0.717) is 22.4 Å². The largest absolute Gasteiger partial charge is 0.482 e. The molecule has 1 heterocycles. The molecule has 0 bridgehead atoms. The molecule has 3 aromatic rings. The summed E-state index contributed by atoms with van der Waals surface area (Å²) in [5.41, 5.74) is 1.08. The first-order valence-corrected chi connectivity index (χ1v) is 8.19. The highest BCUT2D eigenvalue weighted by molar-refractivity contribution is 5.73. The molecule has 0 unspecified atom stereocenters. The summed E-state index contributed by atoms with van der Waals surface area (Å²) in [5, 5.41) is 20.6. The molecule has 1 aromatic heterocycles. The number of hydrogen-bond acceptors (Lipinski definition) is 5. The number of hydrogen-bond donors (Lipinski definition) is 1. The minimum Gasteiger partial charge on any atom is -0.482 e. The van der Waals surface area contributed by atoms with E-state index in [4.69, 9.17) is 4.74 Å². The van der Waals surface area contributed by atoms with E-state index in [-0.39, 0.29) is 23.6 Å². The smallest absolute Gasteiger partial charge is 0.310 e. The van der Waals surface area contributed by atoms with Gasteiger partial charge in [0.25, 0.3) is 5.56 Å². The lowest BCUT2D eigenvalue weighted by molar-refractivity contribution is -0.385. The van der Waals surface area contributed by atoms with Crippen molar-refractivity contribution < 1.29 is 14.1 Å². The van der Waals surface area contributed by atoms with Gasteiger partial charge < -0.3 is 9.72 Å². The molecule has 3 rings (SSSR count). The van der Waals surface area contributed by atoms with Gasteiger partial charge in [-0.2, -0.15) is 5.26 Å². The minimum atomic E-state index is -0.585. The van der Waals surface area contributed by atoms with Gasteiger partial charge >= 0.3 is 5.69 Å². The monoisotopic (exact) mass is 379 g/mol. The summed E-state index contributed by atoms with van der Waals surface area (Å²) in [6, 6.07) is 13.2. The summed E-state index contributed by atoms with van der Waals surface area (Å²) >= 11 is 0. The molecule has 140 valence electrons. The van der Waals surface area contributed by atoms with Gasteiger partial charge in [0.2, 0.25) is 0 Å². The molecule has 0 radical (unpaired) electrons. The van der Waals surface area contributed by atoms with Gasteiger partial charge in [0.1, 0.15) is 24.1 Å². The Labute approximate surface area is 158 Å². The lowest BCUT2D eigenvalue weighted by Gasteiger charge is -2.10. The zero-order valence-corrected chi connectivity index (χ0v) is 14.7. The van der Waals surface area contributed by atoms with Crippen molar-refractivity contribution in [1.82, 2.24) is 4.98 Å². The fraction of sp³-hybridized carbons (Fsp3) is 0.100. The van der Waals surface area contributed by atoms with Crippen LogP contribution in [0.25, 0.3) is 11.1 Å². The number of halogens is 1. The summed E-state index contributed by atoms with van der Waals surface area (Å²) in [7, 11) is 0. The van der Waals surface area contributed by atoms with Crippen LogP contribution in [0, 0.1) is 34.2 Å². The van der Waals surface area contributed by atoms with E-state index >= 15 is 0 Å².